The smallest absolute Gasteiger partial charge is 0.315 e. The summed E-state index contributed by atoms with van der Waals surface area (Å²) in [6.07, 6.45) is -0.214. The molecule has 2 aliphatic rings. The van der Waals surface area contributed by atoms with Crippen LogP contribution in [0.3, 0.4) is 0 Å². The Labute approximate surface area is 119 Å². The van der Waals surface area contributed by atoms with Crippen LogP contribution in [0, 0.1) is 0 Å². The van der Waals surface area contributed by atoms with Crippen LogP contribution < -0.4 is 10.6 Å². The minimum Gasteiger partial charge on any atom is -0.391 e. The lowest BCUT2D eigenvalue weighted by molar-refractivity contribution is -0.0992. The minimum atomic E-state index is -1.05. The van der Waals surface area contributed by atoms with Gasteiger partial charge in [-0.15, -0.1) is 0 Å². The molecule has 0 aromatic carbocycles. The summed E-state index contributed by atoms with van der Waals surface area (Å²) < 4.78 is 0. The molecule has 0 spiro atoms. The van der Waals surface area contributed by atoms with Gasteiger partial charge in [0.2, 0.25) is 0 Å². The molecule has 116 valence electrons. The Morgan fingerprint density at radius 1 is 1.30 bits per heavy atom. The van der Waals surface area contributed by atoms with Gasteiger partial charge in [-0.1, -0.05) is 13.3 Å². The molecule has 7 heteroatoms. The molecule has 0 aromatic rings. The summed E-state index contributed by atoms with van der Waals surface area (Å²) in [6, 6.07) is -1.27. The van der Waals surface area contributed by atoms with Crippen molar-refractivity contribution in [3.63, 3.8) is 0 Å². The number of nitrogens with zero attached hydrogens (tertiary/aromatic N) is 1. The summed E-state index contributed by atoms with van der Waals surface area (Å²) in [5.41, 5.74) is 0. The number of urea groups is 1. The van der Waals surface area contributed by atoms with E-state index in [-0.39, 0.29) is 6.03 Å². The fraction of sp³-hybridized carbons (Fsp3) is 0.923. The molecule has 0 radical (unpaired) electrons. The Bertz CT molecular complexity index is 342. The van der Waals surface area contributed by atoms with Crippen LogP contribution >= 0.6 is 0 Å². The first-order chi connectivity index (χ1) is 9.54. The Hall–Kier alpha value is -0.890. The van der Waals surface area contributed by atoms with E-state index in [2.05, 4.69) is 10.6 Å². The third-order valence-electron chi connectivity index (χ3n) is 4.20. The third kappa shape index (κ3) is 3.22. The SMILES string of the molecule is CCCCNC(=O)N[C@H]1CN2CC[C@H](O)[C@@H]2[C@@H](O)[C@@H]1O. The zero-order chi connectivity index (χ0) is 14.7. The molecule has 2 saturated heterocycles. The van der Waals surface area contributed by atoms with E-state index in [1.54, 1.807) is 0 Å². The normalized spacial score (nSPS) is 37.5. The number of piperidine rings is 1. The van der Waals surface area contributed by atoms with Gasteiger partial charge in [0.1, 0.15) is 6.10 Å². The van der Waals surface area contributed by atoms with Crippen molar-refractivity contribution < 1.29 is 20.1 Å². The maximum atomic E-state index is 11.7. The Kier molecular flexibility index (Phi) is 5.20. The average Bonchev–Trinajstić information content (AvgIpc) is 2.77. The first-order valence-electron chi connectivity index (χ1n) is 7.37. The summed E-state index contributed by atoms with van der Waals surface area (Å²) >= 11 is 0. The van der Waals surface area contributed by atoms with E-state index in [1.807, 2.05) is 11.8 Å². The number of aliphatic hydroxyl groups is 3. The molecule has 7 nitrogen and oxygen atoms in total. The molecule has 20 heavy (non-hydrogen) atoms. The number of hydrogen-bond acceptors (Lipinski definition) is 5. The predicted molar refractivity (Wildman–Crippen MR) is 73.2 cm³/mol. The van der Waals surface area contributed by atoms with Gasteiger partial charge in [0, 0.05) is 19.6 Å². The first-order valence-corrected chi connectivity index (χ1v) is 7.37. The summed E-state index contributed by atoms with van der Waals surface area (Å²) in [4.78, 5) is 13.6. The second-order valence-electron chi connectivity index (χ2n) is 5.68. The van der Waals surface area contributed by atoms with Crippen molar-refractivity contribution in [2.24, 2.45) is 0 Å². The molecule has 5 atom stereocenters. The predicted octanol–water partition coefficient (Wildman–Crippen LogP) is -1.38. The molecule has 0 unspecified atom stereocenters. The van der Waals surface area contributed by atoms with Crippen molar-refractivity contribution in [2.45, 2.75) is 56.6 Å². The number of carbonyl (C=O) groups is 1. The number of hydrogen-bond donors (Lipinski definition) is 5. The first kappa shape index (κ1) is 15.5. The highest BCUT2D eigenvalue weighted by atomic mass is 16.3. The minimum absolute atomic E-state index is 0.326. The van der Waals surface area contributed by atoms with E-state index in [0.29, 0.717) is 26.1 Å². The highest BCUT2D eigenvalue weighted by Gasteiger charge is 2.48. The summed E-state index contributed by atoms with van der Waals surface area (Å²) in [5.74, 6) is 0. The summed E-state index contributed by atoms with van der Waals surface area (Å²) in [7, 11) is 0. The Balaban J connectivity index is 1.88. The molecule has 0 aromatic heterocycles. The number of nitrogens with one attached hydrogen (secondary N) is 2. The van der Waals surface area contributed by atoms with Gasteiger partial charge in [0.15, 0.2) is 0 Å². The zero-order valence-electron chi connectivity index (χ0n) is 11.8. The molecule has 0 bridgehead atoms. The van der Waals surface area contributed by atoms with E-state index in [9.17, 15) is 20.1 Å². The molecule has 0 saturated carbocycles. The largest absolute Gasteiger partial charge is 0.391 e. The third-order valence-corrected chi connectivity index (χ3v) is 4.20. The second kappa shape index (κ2) is 6.71. The lowest BCUT2D eigenvalue weighted by Gasteiger charge is -2.43. The fourth-order valence-electron chi connectivity index (χ4n) is 3.05. The van der Waals surface area contributed by atoms with Crippen LogP contribution in [0.15, 0.2) is 0 Å². The zero-order valence-corrected chi connectivity index (χ0v) is 11.8. The van der Waals surface area contributed by atoms with Gasteiger partial charge in [-0.25, -0.2) is 4.79 Å². The van der Waals surface area contributed by atoms with Crippen molar-refractivity contribution in [1.82, 2.24) is 15.5 Å². The van der Waals surface area contributed by atoms with Crippen molar-refractivity contribution in [3.05, 3.63) is 0 Å². The van der Waals surface area contributed by atoms with Gasteiger partial charge in [0.05, 0.1) is 24.3 Å². The average molecular weight is 287 g/mol. The highest BCUT2D eigenvalue weighted by molar-refractivity contribution is 5.74. The van der Waals surface area contributed by atoms with E-state index in [1.165, 1.54) is 0 Å². The maximum Gasteiger partial charge on any atom is 0.315 e. The summed E-state index contributed by atoms with van der Waals surface area (Å²) in [6.45, 7) is 3.75. The van der Waals surface area contributed by atoms with Gasteiger partial charge in [-0.3, -0.25) is 4.90 Å². The van der Waals surface area contributed by atoms with Gasteiger partial charge >= 0.3 is 6.03 Å². The van der Waals surface area contributed by atoms with E-state index in [4.69, 9.17) is 0 Å². The standard InChI is InChI=1S/C13H25N3O4/c1-2-3-5-14-13(20)15-8-7-16-6-4-9(17)10(16)12(19)11(8)18/h8-12,17-19H,2-7H2,1H3,(H2,14,15,20)/t8-,9-,10+,11+,12+/m0/s1. The van der Waals surface area contributed by atoms with Crippen LogP contribution in [0.2, 0.25) is 0 Å². The topological polar surface area (TPSA) is 105 Å². The fourth-order valence-corrected chi connectivity index (χ4v) is 3.05. The molecular formula is C13H25N3O4. The second-order valence-corrected chi connectivity index (χ2v) is 5.68. The lowest BCUT2D eigenvalue weighted by Crippen LogP contribution is -2.66. The van der Waals surface area contributed by atoms with E-state index >= 15 is 0 Å². The summed E-state index contributed by atoms with van der Waals surface area (Å²) in [5, 5.41) is 35.4. The molecule has 2 fully saturated rings. The number of unbranched alkanes of at least 4 members (excludes halogenated alkanes) is 1. The van der Waals surface area contributed by atoms with E-state index < -0.39 is 30.4 Å². The number of amides is 2. The molecule has 5 N–H and O–H groups in total. The Morgan fingerprint density at radius 2 is 2.05 bits per heavy atom. The molecule has 2 amide bonds. The van der Waals surface area contributed by atoms with Gasteiger partial charge in [-0.2, -0.15) is 0 Å². The number of carbonyl (C=O) groups excluding carboxylic acids is 1. The highest BCUT2D eigenvalue weighted by Crippen LogP contribution is 2.28. The van der Waals surface area contributed by atoms with Crippen molar-refractivity contribution >= 4 is 6.03 Å². The molecule has 2 heterocycles. The quantitative estimate of drug-likeness (QED) is 0.410. The van der Waals surface area contributed by atoms with Crippen LogP contribution in [0.5, 0.6) is 0 Å². The lowest BCUT2D eigenvalue weighted by atomic mass is 9.91. The maximum absolute atomic E-state index is 11.7. The van der Waals surface area contributed by atoms with Crippen LogP contribution in [-0.4, -0.2) is 76.3 Å². The monoisotopic (exact) mass is 287 g/mol. The van der Waals surface area contributed by atoms with Crippen LogP contribution in [0.1, 0.15) is 26.2 Å². The van der Waals surface area contributed by atoms with Gasteiger partial charge in [-0.05, 0) is 12.8 Å². The number of fused-ring (bicyclic) bond motifs is 1. The van der Waals surface area contributed by atoms with Crippen LogP contribution in [-0.2, 0) is 0 Å². The van der Waals surface area contributed by atoms with Crippen molar-refractivity contribution in [2.75, 3.05) is 19.6 Å². The molecule has 0 aliphatic carbocycles. The molecular weight excluding hydrogens is 262 g/mol. The van der Waals surface area contributed by atoms with Crippen LogP contribution in [0.25, 0.3) is 0 Å². The van der Waals surface area contributed by atoms with Gasteiger partial charge < -0.3 is 26.0 Å². The van der Waals surface area contributed by atoms with Gasteiger partial charge in [0.25, 0.3) is 0 Å². The Morgan fingerprint density at radius 3 is 2.75 bits per heavy atom. The van der Waals surface area contributed by atoms with E-state index in [0.717, 1.165) is 12.8 Å². The number of rotatable bonds is 4. The van der Waals surface area contributed by atoms with Crippen LogP contribution in [0.4, 0.5) is 4.79 Å². The van der Waals surface area contributed by atoms with Crippen molar-refractivity contribution in [1.29, 1.82) is 0 Å². The molecule has 2 rings (SSSR count). The van der Waals surface area contributed by atoms with Crippen molar-refractivity contribution in [3.8, 4) is 0 Å². The molecule has 2 aliphatic heterocycles. The number of aliphatic hydroxyl groups excluding tert-OH is 3.